The molecule has 0 aliphatic carbocycles. The number of rotatable bonds is 18. The number of para-hydroxylation sites is 1. The molecule has 6 aromatic rings. The van der Waals surface area contributed by atoms with E-state index >= 15 is 0 Å². The third kappa shape index (κ3) is 9.57. The van der Waals surface area contributed by atoms with Gasteiger partial charge in [0, 0.05) is 17.4 Å². The highest BCUT2D eigenvalue weighted by Gasteiger charge is 2.22. The summed E-state index contributed by atoms with van der Waals surface area (Å²) in [6, 6.07) is 31.9. The highest BCUT2D eigenvalue weighted by molar-refractivity contribution is 6.18. The number of aromatic nitrogens is 1. The summed E-state index contributed by atoms with van der Waals surface area (Å²) in [5.41, 5.74) is 3.58. The second kappa shape index (κ2) is 18.5. The van der Waals surface area contributed by atoms with Gasteiger partial charge in [0.25, 0.3) is 0 Å². The van der Waals surface area contributed by atoms with E-state index in [9.17, 15) is 15.0 Å². The van der Waals surface area contributed by atoms with Crippen LogP contribution in [0.5, 0.6) is 23.0 Å². The molecule has 9 heteroatoms. The number of benzene rings is 5. The average molecular weight is 737 g/mol. The molecule has 0 fully saturated rings. The number of hydrogen-bond donors (Lipinski definition) is 1. The van der Waals surface area contributed by atoms with E-state index in [1.54, 1.807) is 72.8 Å². The smallest absolute Gasteiger partial charge is 0.343 e. The Hall–Kier alpha value is -6.45. The Bertz CT molecular complexity index is 2310. The average Bonchev–Trinajstić information content (AvgIpc) is 3.53. The lowest BCUT2D eigenvalue weighted by Crippen LogP contribution is -2.17. The topological polar surface area (TPSA) is 109 Å². The first-order chi connectivity index (χ1) is 26.9. The van der Waals surface area contributed by atoms with Crippen molar-refractivity contribution in [2.75, 3.05) is 26.4 Å². The molecule has 55 heavy (non-hydrogen) atoms. The van der Waals surface area contributed by atoms with Crippen molar-refractivity contribution < 1.29 is 33.3 Å². The molecule has 0 saturated carbocycles. The number of esters is 2. The summed E-state index contributed by atoms with van der Waals surface area (Å²) in [5, 5.41) is 11.5. The summed E-state index contributed by atoms with van der Waals surface area (Å²) >= 11 is 0. The van der Waals surface area contributed by atoms with E-state index in [-0.39, 0.29) is 22.9 Å². The van der Waals surface area contributed by atoms with Gasteiger partial charge in [-0.25, -0.2) is 9.59 Å². The van der Waals surface area contributed by atoms with Crippen molar-refractivity contribution in [3.8, 4) is 23.0 Å². The fourth-order valence-electron chi connectivity index (χ4n) is 6.17. The summed E-state index contributed by atoms with van der Waals surface area (Å²) in [7, 11) is 0. The molecule has 0 atom stereocenters. The van der Waals surface area contributed by atoms with Crippen LogP contribution in [0.4, 0.5) is 0 Å². The molecule has 0 spiro atoms. The van der Waals surface area contributed by atoms with E-state index in [1.807, 2.05) is 47.9 Å². The number of nitrogens with one attached hydrogen (secondary N) is 1. The van der Waals surface area contributed by atoms with Crippen LogP contribution in [-0.2, 0) is 4.74 Å². The van der Waals surface area contributed by atoms with E-state index in [2.05, 4.69) is 19.2 Å². The van der Waals surface area contributed by atoms with Gasteiger partial charge in [-0.3, -0.25) is 9.98 Å². The number of nitrogens with zero attached hydrogens (tertiary/aromatic N) is 1. The van der Waals surface area contributed by atoms with E-state index in [0.29, 0.717) is 42.4 Å². The zero-order chi connectivity index (χ0) is 38.6. The largest absolute Gasteiger partial charge is 0.494 e. The summed E-state index contributed by atoms with van der Waals surface area (Å²) in [5.74, 6) is 0.381. The maximum Gasteiger partial charge on any atom is 0.343 e. The molecule has 0 radical (unpaired) electrons. The van der Waals surface area contributed by atoms with Gasteiger partial charge >= 0.3 is 11.9 Å². The van der Waals surface area contributed by atoms with Crippen molar-refractivity contribution in [1.82, 2.24) is 4.57 Å². The van der Waals surface area contributed by atoms with E-state index in [1.165, 1.54) is 6.07 Å². The minimum absolute atomic E-state index is 0.0347. The quantitative estimate of drug-likeness (QED) is 0.0234. The molecule has 0 unspecified atom stereocenters. The van der Waals surface area contributed by atoms with Gasteiger partial charge in [-0.2, -0.15) is 0 Å². The van der Waals surface area contributed by atoms with Gasteiger partial charge in [0.2, 0.25) is 0 Å². The Morgan fingerprint density at radius 3 is 1.96 bits per heavy atom. The molecule has 9 nitrogen and oxygen atoms in total. The van der Waals surface area contributed by atoms with Gasteiger partial charge in [-0.05, 0) is 111 Å². The molecular weight excluding hydrogens is 693 g/mol. The predicted molar refractivity (Wildman–Crippen MR) is 216 cm³/mol. The fourth-order valence-corrected chi connectivity index (χ4v) is 6.17. The minimum atomic E-state index is -0.611. The van der Waals surface area contributed by atoms with Crippen molar-refractivity contribution >= 4 is 39.6 Å². The van der Waals surface area contributed by atoms with Crippen LogP contribution in [0.1, 0.15) is 57.5 Å². The third-order valence-electron chi connectivity index (χ3n) is 8.91. The number of ether oxygens (including phenoxy) is 5. The molecule has 1 N–H and O–H groups in total. The second-order valence-corrected chi connectivity index (χ2v) is 12.9. The Morgan fingerprint density at radius 2 is 1.25 bits per heavy atom. The summed E-state index contributed by atoms with van der Waals surface area (Å²) in [6.07, 6.45) is 7.39. The molecule has 6 rings (SSSR count). The number of carbonyl (C=O) groups is 2. The molecule has 1 heterocycles. The Labute approximate surface area is 320 Å². The number of aryl methyl sites for hydroxylation is 1. The van der Waals surface area contributed by atoms with Crippen LogP contribution in [-0.4, -0.2) is 48.8 Å². The molecular formula is C46H44N2O7. The van der Waals surface area contributed by atoms with Gasteiger partial charge in [0.05, 0.1) is 40.9 Å². The van der Waals surface area contributed by atoms with Crippen LogP contribution >= 0.6 is 0 Å². The van der Waals surface area contributed by atoms with E-state index < -0.39 is 11.9 Å². The maximum atomic E-state index is 13.6. The molecule has 5 aromatic carbocycles. The minimum Gasteiger partial charge on any atom is -0.494 e. The summed E-state index contributed by atoms with van der Waals surface area (Å²) in [4.78, 5) is 26.8. The zero-order valence-corrected chi connectivity index (χ0v) is 30.9. The standard InChI is InChI=1S/C46H44N2O7/c1-4-26-51-28-10-6-7-11-29-53-36-21-17-34(18-22-36)46(50)55-43-25-23-37(54-45(49)33-15-19-35(20-16-33)52-27-5-2)31-40(43)44(47)48-41-13-9-8-12-38(41)39-30-32(3)14-24-42(39)48/h4-5,8-9,12-25,30-31,47H,1-2,6-7,10-11,26-29H2,3H3. The molecule has 0 saturated heterocycles. The van der Waals surface area contributed by atoms with E-state index in [0.717, 1.165) is 59.7 Å². The molecule has 0 aliphatic heterocycles. The molecule has 280 valence electrons. The summed E-state index contributed by atoms with van der Waals surface area (Å²) < 4.78 is 30.4. The van der Waals surface area contributed by atoms with Crippen molar-refractivity contribution in [3.63, 3.8) is 0 Å². The van der Waals surface area contributed by atoms with Crippen LogP contribution in [0.15, 0.2) is 135 Å². The van der Waals surface area contributed by atoms with Crippen LogP contribution in [0.2, 0.25) is 0 Å². The third-order valence-corrected chi connectivity index (χ3v) is 8.91. The maximum absolute atomic E-state index is 13.6. The highest BCUT2D eigenvalue weighted by atomic mass is 16.5. The van der Waals surface area contributed by atoms with Gasteiger partial charge < -0.3 is 23.7 Å². The van der Waals surface area contributed by atoms with Crippen LogP contribution < -0.4 is 18.9 Å². The second-order valence-electron chi connectivity index (χ2n) is 12.9. The van der Waals surface area contributed by atoms with Gasteiger partial charge in [-0.1, -0.05) is 55.0 Å². The summed E-state index contributed by atoms with van der Waals surface area (Å²) in [6.45, 7) is 11.5. The monoisotopic (exact) mass is 736 g/mol. The lowest BCUT2D eigenvalue weighted by molar-refractivity contribution is 0.0719. The number of fused-ring (bicyclic) bond motifs is 3. The Kier molecular flexibility index (Phi) is 12.9. The van der Waals surface area contributed by atoms with Crippen LogP contribution in [0, 0.1) is 12.3 Å². The van der Waals surface area contributed by atoms with Crippen molar-refractivity contribution in [3.05, 3.63) is 157 Å². The SMILES string of the molecule is C=CCOCCCCCCOc1ccc(C(=O)Oc2ccc(OC(=O)c3ccc(OCC=C)cc3)cc2C(=N)n2c3ccccc3c3cc(C)ccc32)cc1. The molecule has 0 amide bonds. The zero-order valence-electron chi connectivity index (χ0n) is 30.9. The fraction of sp³-hybridized carbons (Fsp3) is 0.196. The van der Waals surface area contributed by atoms with E-state index in [4.69, 9.17) is 23.7 Å². The van der Waals surface area contributed by atoms with Crippen molar-refractivity contribution in [1.29, 1.82) is 5.41 Å². The number of unbranched alkanes of at least 4 members (excludes halogenated alkanes) is 3. The molecule has 1 aromatic heterocycles. The van der Waals surface area contributed by atoms with Gasteiger partial charge in [0.15, 0.2) is 0 Å². The normalized spacial score (nSPS) is 10.9. The molecule has 0 bridgehead atoms. The van der Waals surface area contributed by atoms with Gasteiger partial charge in [-0.15, -0.1) is 6.58 Å². The molecule has 0 aliphatic rings. The lowest BCUT2D eigenvalue weighted by Gasteiger charge is -2.16. The first-order valence-electron chi connectivity index (χ1n) is 18.3. The van der Waals surface area contributed by atoms with Crippen LogP contribution in [0.25, 0.3) is 21.8 Å². The number of carbonyl (C=O) groups excluding carboxylic acids is 2. The first-order valence-corrected chi connectivity index (χ1v) is 18.3. The van der Waals surface area contributed by atoms with Gasteiger partial charge in [0.1, 0.15) is 35.4 Å². The van der Waals surface area contributed by atoms with Crippen LogP contribution in [0.3, 0.4) is 0 Å². The van der Waals surface area contributed by atoms with Crippen molar-refractivity contribution in [2.45, 2.75) is 32.6 Å². The lowest BCUT2D eigenvalue weighted by atomic mass is 10.1. The predicted octanol–water partition coefficient (Wildman–Crippen LogP) is 10.1. The van der Waals surface area contributed by atoms with Crippen molar-refractivity contribution in [2.24, 2.45) is 0 Å². The highest BCUT2D eigenvalue weighted by Crippen LogP contribution is 2.34. The first kappa shape index (κ1) is 38.3. The Balaban J connectivity index is 1.22. The Morgan fingerprint density at radius 1 is 0.636 bits per heavy atom. The number of hydrogen-bond acceptors (Lipinski definition) is 8.